The summed E-state index contributed by atoms with van der Waals surface area (Å²) in [5, 5.41) is 4.47. The van der Waals surface area contributed by atoms with Crippen LogP contribution in [-0.2, 0) is 4.74 Å². The molecule has 2 aromatic carbocycles. The molecule has 41 heavy (non-hydrogen) atoms. The standard InChI is InChI=1S/C29H19F2N5O5/c1-15(24-22(35-11-5-10-32-35)14-20(31)25(34-24)29(39)40-2)41-23-13-16-12-17(30)8-9-21(16)33-26(23)36-27(37)18-6-3-4-7-19(18)28(36)38/h3-15H,1-2H3. The van der Waals surface area contributed by atoms with Gasteiger partial charge in [0.05, 0.1) is 29.4 Å². The second-order valence-corrected chi connectivity index (χ2v) is 9.06. The smallest absolute Gasteiger partial charge is 0.359 e. The van der Waals surface area contributed by atoms with Crippen LogP contribution in [0.4, 0.5) is 14.6 Å². The Hall–Kier alpha value is -5.52. The Kier molecular flexibility index (Phi) is 6.22. The van der Waals surface area contributed by atoms with Crippen LogP contribution in [0.3, 0.4) is 0 Å². The predicted octanol–water partition coefficient (Wildman–Crippen LogP) is 4.82. The Labute approximate surface area is 230 Å². The van der Waals surface area contributed by atoms with Gasteiger partial charge in [-0.15, -0.1) is 0 Å². The number of carbonyl (C=O) groups excluding carboxylic acids is 3. The number of methoxy groups -OCH3 is 1. The zero-order valence-corrected chi connectivity index (χ0v) is 21.5. The predicted molar refractivity (Wildman–Crippen MR) is 141 cm³/mol. The van der Waals surface area contributed by atoms with Gasteiger partial charge in [-0.05, 0) is 49.4 Å². The third kappa shape index (κ3) is 4.35. The maximum atomic E-state index is 14.9. The molecule has 204 valence electrons. The van der Waals surface area contributed by atoms with E-state index in [1.807, 2.05) is 0 Å². The Bertz CT molecular complexity index is 1840. The zero-order valence-electron chi connectivity index (χ0n) is 21.5. The molecule has 5 aromatic rings. The van der Waals surface area contributed by atoms with Crippen molar-refractivity contribution in [2.75, 3.05) is 12.0 Å². The van der Waals surface area contributed by atoms with E-state index in [4.69, 9.17) is 4.74 Å². The maximum absolute atomic E-state index is 14.9. The lowest BCUT2D eigenvalue weighted by Crippen LogP contribution is -2.31. The summed E-state index contributed by atoms with van der Waals surface area (Å²) in [6.07, 6.45) is 2.00. The number of fused-ring (bicyclic) bond motifs is 2. The number of anilines is 1. The maximum Gasteiger partial charge on any atom is 0.359 e. The average Bonchev–Trinajstić information content (AvgIpc) is 3.59. The number of ether oxygens (including phenoxy) is 2. The molecule has 0 saturated carbocycles. The molecule has 0 spiro atoms. The van der Waals surface area contributed by atoms with Crippen molar-refractivity contribution < 1.29 is 32.6 Å². The Morgan fingerprint density at radius 1 is 0.951 bits per heavy atom. The van der Waals surface area contributed by atoms with E-state index in [1.54, 1.807) is 31.3 Å². The molecule has 2 amide bonds. The van der Waals surface area contributed by atoms with Gasteiger partial charge in [-0.3, -0.25) is 9.59 Å². The summed E-state index contributed by atoms with van der Waals surface area (Å²) in [5.74, 6) is -3.87. The molecular weight excluding hydrogens is 536 g/mol. The first-order chi connectivity index (χ1) is 19.8. The molecule has 10 nitrogen and oxygen atoms in total. The van der Waals surface area contributed by atoms with Gasteiger partial charge in [0.25, 0.3) is 11.8 Å². The number of benzene rings is 2. The summed E-state index contributed by atoms with van der Waals surface area (Å²) >= 11 is 0. The van der Waals surface area contributed by atoms with E-state index >= 15 is 0 Å². The highest BCUT2D eigenvalue weighted by molar-refractivity contribution is 6.34. The van der Waals surface area contributed by atoms with Crippen LogP contribution < -0.4 is 9.64 Å². The lowest BCUT2D eigenvalue weighted by atomic mass is 10.1. The minimum absolute atomic E-state index is 0.0535. The van der Waals surface area contributed by atoms with Gasteiger partial charge < -0.3 is 9.47 Å². The van der Waals surface area contributed by atoms with Crippen LogP contribution in [0, 0.1) is 11.6 Å². The Balaban J connectivity index is 1.50. The second kappa shape index (κ2) is 9.90. The quantitative estimate of drug-likeness (QED) is 0.216. The third-order valence-corrected chi connectivity index (χ3v) is 6.53. The molecule has 12 heteroatoms. The number of imide groups is 1. The van der Waals surface area contributed by atoms with Gasteiger partial charge in [0.15, 0.2) is 23.1 Å². The van der Waals surface area contributed by atoms with E-state index in [0.717, 1.165) is 18.1 Å². The number of nitrogens with zero attached hydrogens (tertiary/aromatic N) is 5. The molecule has 0 saturated heterocycles. The van der Waals surface area contributed by atoms with Gasteiger partial charge in [0, 0.05) is 23.8 Å². The molecule has 3 aromatic heterocycles. The van der Waals surface area contributed by atoms with Gasteiger partial charge in [-0.1, -0.05) is 12.1 Å². The van der Waals surface area contributed by atoms with Gasteiger partial charge in [0.2, 0.25) is 0 Å². The van der Waals surface area contributed by atoms with E-state index in [0.29, 0.717) is 10.9 Å². The molecule has 0 bridgehead atoms. The van der Waals surface area contributed by atoms with E-state index in [2.05, 4.69) is 19.8 Å². The number of pyridine rings is 2. The van der Waals surface area contributed by atoms with Crippen LogP contribution in [-0.4, -0.2) is 44.6 Å². The SMILES string of the molecule is COC(=O)c1nc(C(C)Oc2cc3cc(F)ccc3nc2N2C(=O)c3ccccc3C2=O)c(-n2cccn2)cc1F. The Morgan fingerprint density at radius 2 is 1.68 bits per heavy atom. The van der Waals surface area contributed by atoms with Crippen LogP contribution in [0.2, 0.25) is 0 Å². The summed E-state index contributed by atoms with van der Waals surface area (Å²) in [6, 6.07) is 14.3. The lowest BCUT2D eigenvalue weighted by molar-refractivity contribution is 0.0586. The van der Waals surface area contributed by atoms with Crippen molar-refractivity contribution in [3.63, 3.8) is 0 Å². The van der Waals surface area contributed by atoms with Gasteiger partial charge in [0.1, 0.15) is 17.6 Å². The number of amides is 2. The second-order valence-electron chi connectivity index (χ2n) is 9.06. The number of esters is 1. The highest BCUT2D eigenvalue weighted by atomic mass is 19.1. The summed E-state index contributed by atoms with van der Waals surface area (Å²) in [6.45, 7) is 1.57. The van der Waals surface area contributed by atoms with Crippen molar-refractivity contribution >= 4 is 34.5 Å². The number of aromatic nitrogens is 4. The van der Waals surface area contributed by atoms with Crippen LogP contribution in [0.5, 0.6) is 5.75 Å². The number of hydrogen-bond donors (Lipinski definition) is 0. The fourth-order valence-electron chi connectivity index (χ4n) is 4.62. The third-order valence-electron chi connectivity index (χ3n) is 6.53. The molecule has 0 radical (unpaired) electrons. The first-order valence-electron chi connectivity index (χ1n) is 12.3. The summed E-state index contributed by atoms with van der Waals surface area (Å²) < 4.78 is 41.2. The summed E-state index contributed by atoms with van der Waals surface area (Å²) in [4.78, 5) is 48.5. The molecule has 1 atom stereocenters. The molecule has 1 aliphatic rings. The van der Waals surface area contributed by atoms with Gasteiger partial charge in [-0.25, -0.2) is 33.1 Å². The Morgan fingerprint density at radius 3 is 2.34 bits per heavy atom. The molecule has 0 aliphatic carbocycles. The number of carbonyl (C=O) groups is 3. The van der Waals surface area contributed by atoms with Gasteiger partial charge in [-0.2, -0.15) is 5.10 Å². The highest BCUT2D eigenvalue weighted by Crippen LogP contribution is 2.38. The van der Waals surface area contributed by atoms with Gasteiger partial charge >= 0.3 is 5.97 Å². The topological polar surface area (TPSA) is 117 Å². The minimum atomic E-state index is -1.03. The largest absolute Gasteiger partial charge is 0.480 e. The molecule has 1 aliphatic heterocycles. The lowest BCUT2D eigenvalue weighted by Gasteiger charge is -2.22. The first kappa shape index (κ1) is 25.7. The van der Waals surface area contributed by atoms with Crippen LogP contribution in [0.1, 0.15) is 49.9 Å². The molecule has 0 N–H and O–H groups in total. The average molecular weight is 555 g/mol. The summed E-state index contributed by atoms with van der Waals surface area (Å²) in [5.41, 5.74) is 0.372. The van der Waals surface area contributed by atoms with E-state index in [1.165, 1.54) is 47.3 Å². The summed E-state index contributed by atoms with van der Waals surface area (Å²) in [7, 11) is 1.10. The van der Waals surface area contributed by atoms with Crippen molar-refractivity contribution in [1.82, 2.24) is 19.7 Å². The molecule has 6 rings (SSSR count). The van der Waals surface area contributed by atoms with Crippen molar-refractivity contribution in [3.8, 4) is 11.4 Å². The van der Waals surface area contributed by atoms with Crippen molar-refractivity contribution in [1.29, 1.82) is 0 Å². The van der Waals surface area contributed by atoms with Crippen molar-refractivity contribution in [2.24, 2.45) is 0 Å². The highest BCUT2D eigenvalue weighted by Gasteiger charge is 2.39. The van der Waals surface area contributed by atoms with E-state index in [9.17, 15) is 23.2 Å². The first-order valence-corrected chi connectivity index (χ1v) is 12.3. The normalized spacial score (nSPS) is 13.4. The van der Waals surface area contributed by atoms with Crippen LogP contribution >= 0.6 is 0 Å². The van der Waals surface area contributed by atoms with Crippen molar-refractivity contribution in [2.45, 2.75) is 13.0 Å². The zero-order chi connectivity index (χ0) is 28.8. The molecular formula is C29H19F2N5O5. The van der Waals surface area contributed by atoms with Crippen LogP contribution in [0.15, 0.2) is 73.1 Å². The fourth-order valence-corrected chi connectivity index (χ4v) is 4.62. The molecule has 0 fully saturated rings. The molecule has 1 unspecified atom stereocenters. The number of hydrogen-bond acceptors (Lipinski definition) is 8. The molecule has 4 heterocycles. The van der Waals surface area contributed by atoms with Crippen molar-refractivity contribution in [3.05, 3.63) is 107 Å². The van der Waals surface area contributed by atoms with E-state index < -0.39 is 41.2 Å². The fraction of sp³-hybridized carbons (Fsp3) is 0.103. The number of halogens is 2. The monoisotopic (exact) mass is 555 g/mol. The van der Waals surface area contributed by atoms with E-state index in [-0.39, 0.29) is 34.1 Å². The number of rotatable bonds is 6. The van der Waals surface area contributed by atoms with Crippen LogP contribution in [0.25, 0.3) is 16.6 Å². The minimum Gasteiger partial charge on any atom is -0.480 e.